The van der Waals surface area contributed by atoms with Crippen LogP contribution in [0.3, 0.4) is 0 Å². The summed E-state index contributed by atoms with van der Waals surface area (Å²) in [6.45, 7) is 2.70. The molecule has 1 saturated heterocycles. The van der Waals surface area contributed by atoms with Gasteiger partial charge in [-0.15, -0.1) is 0 Å². The zero-order valence-electron chi connectivity index (χ0n) is 15.0. The fourth-order valence-corrected chi connectivity index (χ4v) is 3.34. The highest BCUT2D eigenvalue weighted by Gasteiger charge is 2.22. The van der Waals surface area contributed by atoms with E-state index in [0.29, 0.717) is 12.1 Å². The number of pyridine rings is 1. The lowest BCUT2D eigenvalue weighted by Crippen LogP contribution is -2.19. The zero-order chi connectivity index (χ0) is 18.8. The second kappa shape index (κ2) is 7.28. The number of fused-ring (bicyclic) bond motifs is 1. The third-order valence-electron chi connectivity index (χ3n) is 4.71. The Bertz CT molecular complexity index is 1020. The molecular weight excluding hydrogens is 344 g/mol. The maximum absolute atomic E-state index is 11.2. The predicted molar refractivity (Wildman–Crippen MR) is 103 cm³/mol. The highest BCUT2D eigenvalue weighted by Crippen LogP contribution is 2.31. The molecule has 0 N–H and O–H groups in total. The first kappa shape index (κ1) is 17.4. The van der Waals surface area contributed by atoms with E-state index in [1.165, 1.54) is 6.07 Å². The lowest BCUT2D eigenvalue weighted by atomic mass is 10.1. The second-order valence-corrected chi connectivity index (χ2v) is 6.70. The summed E-state index contributed by atoms with van der Waals surface area (Å²) in [7, 11) is 0. The number of rotatable bonds is 4. The van der Waals surface area contributed by atoms with Gasteiger partial charge in [-0.3, -0.25) is 15.1 Å². The number of ether oxygens (including phenoxy) is 1. The summed E-state index contributed by atoms with van der Waals surface area (Å²) in [5.74, 6) is 0. The number of nitro groups is 1. The Morgan fingerprint density at radius 2 is 2.15 bits per heavy atom. The van der Waals surface area contributed by atoms with Gasteiger partial charge in [0.05, 0.1) is 21.8 Å². The zero-order valence-corrected chi connectivity index (χ0v) is 15.0. The molecule has 138 valence electrons. The van der Waals surface area contributed by atoms with Crippen molar-refractivity contribution in [2.24, 2.45) is 0 Å². The minimum absolute atomic E-state index is 0.0512. The van der Waals surface area contributed by atoms with E-state index in [0.717, 1.165) is 41.6 Å². The molecule has 2 aromatic heterocycles. The van der Waals surface area contributed by atoms with Crippen LogP contribution in [0.15, 0.2) is 36.5 Å². The fourth-order valence-electron chi connectivity index (χ4n) is 3.34. The van der Waals surface area contributed by atoms with Gasteiger partial charge in [0.1, 0.15) is 0 Å². The summed E-state index contributed by atoms with van der Waals surface area (Å²) in [5, 5.41) is 16.8. The molecule has 0 amide bonds. The normalized spacial score (nSPS) is 17.6. The van der Waals surface area contributed by atoms with Crippen molar-refractivity contribution in [2.75, 3.05) is 6.61 Å². The maximum atomic E-state index is 11.2. The van der Waals surface area contributed by atoms with Gasteiger partial charge >= 0.3 is 0 Å². The first-order chi connectivity index (χ1) is 13.1. The molecule has 0 saturated carbocycles. The minimum atomic E-state index is -0.384. The van der Waals surface area contributed by atoms with Gasteiger partial charge < -0.3 is 4.74 Å². The highest BCUT2D eigenvalue weighted by molar-refractivity contribution is 5.91. The van der Waals surface area contributed by atoms with E-state index < -0.39 is 0 Å². The maximum Gasteiger partial charge on any atom is 0.271 e. The third-order valence-corrected chi connectivity index (χ3v) is 4.71. The van der Waals surface area contributed by atoms with Crippen molar-refractivity contribution in [1.82, 2.24) is 14.8 Å². The molecule has 3 aromatic rings. The summed E-state index contributed by atoms with van der Waals surface area (Å²) in [5.41, 5.74) is 3.49. The number of nitro benzene ring substituents is 1. The van der Waals surface area contributed by atoms with Crippen molar-refractivity contribution >= 4 is 28.7 Å². The van der Waals surface area contributed by atoms with Crippen LogP contribution in [0.1, 0.15) is 42.4 Å². The van der Waals surface area contributed by atoms with E-state index >= 15 is 0 Å². The molecule has 3 heterocycles. The molecule has 1 unspecified atom stereocenters. The van der Waals surface area contributed by atoms with E-state index in [-0.39, 0.29) is 16.8 Å². The molecule has 0 spiro atoms. The van der Waals surface area contributed by atoms with Crippen LogP contribution in [0, 0.1) is 17.0 Å². The van der Waals surface area contributed by atoms with Gasteiger partial charge in [-0.05, 0) is 62.1 Å². The van der Waals surface area contributed by atoms with Crippen LogP contribution >= 0.6 is 0 Å². The van der Waals surface area contributed by atoms with E-state index in [1.54, 1.807) is 23.0 Å². The van der Waals surface area contributed by atoms with E-state index in [4.69, 9.17) is 9.84 Å². The van der Waals surface area contributed by atoms with Crippen molar-refractivity contribution in [1.29, 1.82) is 0 Å². The molecule has 0 radical (unpaired) electrons. The second-order valence-electron chi connectivity index (χ2n) is 6.70. The van der Waals surface area contributed by atoms with E-state index in [2.05, 4.69) is 4.98 Å². The quantitative estimate of drug-likeness (QED) is 0.502. The average Bonchev–Trinajstić information content (AvgIpc) is 3.05. The van der Waals surface area contributed by atoms with Gasteiger partial charge in [0.2, 0.25) is 0 Å². The van der Waals surface area contributed by atoms with E-state index in [9.17, 15) is 10.1 Å². The Labute approximate surface area is 156 Å². The first-order valence-corrected chi connectivity index (χ1v) is 9.01. The summed E-state index contributed by atoms with van der Waals surface area (Å²) >= 11 is 0. The van der Waals surface area contributed by atoms with Crippen LogP contribution in [0.25, 0.3) is 23.1 Å². The number of aromatic nitrogens is 3. The number of hydrogen-bond donors (Lipinski definition) is 0. The topological polar surface area (TPSA) is 83.1 Å². The monoisotopic (exact) mass is 364 g/mol. The lowest BCUT2D eigenvalue weighted by molar-refractivity contribution is -0.384. The SMILES string of the molecule is Cc1ccnc(/C=C/c2nn(C3CCCCO3)c3cc([N+](=O)[O-])ccc23)c1. The molecule has 1 aliphatic rings. The molecule has 27 heavy (non-hydrogen) atoms. The molecule has 0 aliphatic carbocycles. The largest absolute Gasteiger partial charge is 0.356 e. The average molecular weight is 364 g/mol. The van der Waals surface area contributed by atoms with Crippen molar-refractivity contribution < 1.29 is 9.66 Å². The Morgan fingerprint density at radius 3 is 2.89 bits per heavy atom. The van der Waals surface area contributed by atoms with Crippen LogP contribution in [-0.2, 0) is 4.74 Å². The Morgan fingerprint density at radius 1 is 1.26 bits per heavy atom. The molecule has 1 aliphatic heterocycles. The molecular formula is C20H20N4O3. The smallest absolute Gasteiger partial charge is 0.271 e. The first-order valence-electron chi connectivity index (χ1n) is 9.01. The lowest BCUT2D eigenvalue weighted by Gasteiger charge is -2.23. The molecule has 0 bridgehead atoms. The van der Waals surface area contributed by atoms with Crippen molar-refractivity contribution in [2.45, 2.75) is 32.4 Å². The summed E-state index contributed by atoms with van der Waals surface area (Å²) < 4.78 is 7.64. The molecule has 1 atom stereocenters. The number of non-ortho nitro benzene ring substituents is 1. The third kappa shape index (κ3) is 3.59. The fraction of sp³-hybridized carbons (Fsp3) is 0.300. The van der Waals surface area contributed by atoms with Crippen LogP contribution in [0.5, 0.6) is 0 Å². The standard InChI is InChI=1S/C20H20N4O3/c1-14-9-10-21-15(12-14)5-8-18-17-7-6-16(24(25)26)13-19(17)23(22-18)20-4-2-3-11-27-20/h5-10,12-13,20H,2-4,11H2,1H3/b8-5+. The molecule has 1 aromatic carbocycles. The predicted octanol–water partition coefficient (Wildman–Crippen LogP) is 4.52. The summed E-state index contributed by atoms with van der Waals surface area (Å²) in [6.07, 6.45) is 8.31. The van der Waals surface area contributed by atoms with Gasteiger partial charge in [0.25, 0.3) is 5.69 Å². The van der Waals surface area contributed by atoms with Crippen molar-refractivity contribution in [3.8, 4) is 0 Å². The van der Waals surface area contributed by atoms with E-state index in [1.807, 2.05) is 31.2 Å². The molecule has 4 rings (SSSR count). The van der Waals surface area contributed by atoms with Crippen LogP contribution in [0.4, 0.5) is 5.69 Å². The number of benzene rings is 1. The van der Waals surface area contributed by atoms with Gasteiger partial charge in [0, 0.05) is 30.3 Å². The van der Waals surface area contributed by atoms with Crippen molar-refractivity contribution in [3.05, 3.63) is 63.6 Å². The van der Waals surface area contributed by atoms with Crippen molar-refractivity contribution in [3.63, 3.8) is 0 Å². The summed E-state index contributed by atoms with van der Waals surface area (Å²) in [4.78, 5) is 15.2. The van der Waals surface area contributed by atoms with Gasteiger partial charge in [-0.2, -0.15) is 5.10 Å². The van der Waals surface area contributed by atoms with Crippen LogP contribution < -0.4 is 0 Å². The van der Waals surface area contributed by atoms with Crippen LogP contribution in [-0.4, -0.2) is 26.3 Å². The highest BCUT2D eigenvalue weighted by atomic mass is 16.6. The Kier molecular flexibility index (Phi) is 4.68. The Hall–Kier alpha value is -3.06. The minimum Gasteiger partial charge on any atom is -0.356 e. The number of nitrogens with zero attached hydrogens (tertiary/aromatic N) is 4. The Balaban J connectivity index is 1.79. The van der Waals surface area contributed by atoms with Gasteiger partial charge in [0.15, 0.2) is 6.23 Å². The number of hydrogen-bond acceptors (Lipinski definition) is 5. The molecule has 7 nitrogen and oxygen atoms in total. The molecule has 7 heteroatoms. The molecule has 1 fully saturated rings. The van der Waals surface area contributed by atoms with Gasteiger partial charge in [-0.1, -0.05) is 0 Å². The van der Waals surface area contributed by atoms with Gasteiger partial charge in [-0.25, -0.2) is 4.68 Å². The number of aryl methyl sites for hydroxylation is 1. The summed E-state index contributed by atoms with van der Waals surface area (Å²) in [6, 6.07) is 8.77. The van der Waals surface area contributed by atoms with Crippen LogP contribution in [0.2, 0.25) is 0 Å².